The summed E-state index contributed by atoms with van der Waals surface area (Å²) in [6, 6.07) is 0. The number of hydrogen-bond acceptors (Lipinski definition) is 3. The molecule has 0 aliphatic heterocycles. The third-order valence-corrected chi connectivity index (χ3v) is 4.72. The van der Waals surface area contributed by atoms with Gasteiger partial charge in [0.25, 0.3) is 10.0 Å². The summed E-state index contributed by atoms with van der Waals surface area (Å²) >= 11 is 5.88. The molecule has 0 atom stereocenters. The first-order valence-electron chi connectivity index (χ1n) is 5.15. The van der Waals surface area contributed by atoms with E-state index >= 15 is 0 Å². The van der Waals surface area contributed by atoms with E-state index in [4.69, 9.17) is 11.6 Å². The van der Waals surface area contributed by atoms with Crippen LogP contribution in [0.4, 0.5) is 0 Å². The molecule has 0 bridgehead atoms. The smallest absolute Gasteiger partial charge is 0.263 e. The van der Waals surface area contributed by atoms with E-state index in [-0.39, 0.29) is 10.2 Å². The van der Waals surface area contributed by atoms with Gasteiger partial charge in [0.1, 0.15) is 5.15 Å². The maximum Gasteiger partial charge on any atom is 0.263 e. The molecule has 96 valence electrons. The maximum atomic E-state index is 12.1. The average molecular weight is 278 g/mol. The topological polar surface area (TPSA) is 55.2 Å². The van der Waals surface area contributed by atoms with Crippen LogP contribution in [0.1, 0.15) is 12.8 Å². The second-order valence-corrected chi connectivity index (χ2v) is 6.03. The van der Waals surface area contributed by atoms with Crippen molar-refractivity contribution in [2.75, 3.05) is 13.6 Å². The summed E-state index contributed by atoms with van der Waals surface area (Å²) in [6.07, 6.45) is 4.64. The van der Waals surface area contributed by atoms with Gasteiger partial charge in [0.15, 0.2) is 0 Å². The Labute approximate surface area is 107 Å². The van der Waals surface area contributed by atoms with Crippen molar-refractivity contribution in [3.63, 3.8) is 0 Å². The highest BCUT2D eigenvalue weighted by molar-refractivity contribution is 7.89. The van der Waals surface area contributed by atoms with E-state index < -0.39 is 10.0 Å². The highest BCUT2D eigenvalue weighted by Crippen LogP contribution is 2.21. The van der Waals surface area contributed by atoms with Crippen LogP contribution >= 0.6 is 11.6 Å². The zero-order valence-corrected chi connectivity index (χ0v) is 11.5. The van der Waals surface area contributed by atoms with Gasteiger partial charge >= 0.3 is 0 Å². The molecule has 1 heterocycles. The van der Waals surface area contributed by atoms with Crippen molar-refractivity contribution >= 4 is 21.6 Å². The number of imidazole rings is 1. The van der Waals surface area contributed by atoms with Gasteiger partial charge < -0.3 is 4.57 Å². The zero-order valence-electron chi connectivity index (χ0n) is 9.93. The molecule has 0 aliphatic rings. The quantitative estimate of drug-likeness (QED) is 0.587. The fourth-order valence-electron chi connectivity index (χ4n) is 1.29. The summed E-state index contributed by atoms with van der Waals surface area (Å²) in [5, 5.41) is 0.0309. The third kappa shape index (κ3) is 3.08. The predicted molar refractivity (Wildman–Crippen MR) is 67.5 cm³/mol. The molecule has 7 heteroatoms. The Balaban J connectivity index is 2.88. The first kappa shape index (κ1) is 14.2. The molecule has 0 aliphatic carbocycles. The first-order chi connectivity index (χ1) is 7.91. The van der Waals surface area contributed by atoms with E-state index in [1.165, 1.54) is 22.2 Å². The molecule has 0 aromatic carbocycles. The van der Waals surface area contributed by atoms with E-state index in [0.29, 0.717) is 6.54 Å². The number of nitrogens with zero attached hydrogens (tertiary/aromatic N) is 3. The number of hydrogen-bond donors (Lipinski definition) is 0. The predicted octanol–water partition coefficient (Wildman–Crippen LogP) is 1.66. The van der Waals surface area contributed by atoms with Gasteiger partial charge in [-0.05, 0) is 12.8 Å². The normalized spacial score (nSPS) is 12.0. The molecular formula is C10H16ClN3O2S. The monoisotopic (exact) mass is 277 g/mol. The Morgan fingerprint density at radius 1 is 1.65 bits per heavy atom. The molecule has 0 amide bonds. The van der Waals surface area contributed by atoms with Crippen molar-refractivity contribution in [2.24, 2.45) is 7.05 Å². The molecule has 5 nitrogen and oxygen atoms in total. The van der Waals surface area contributed by atoms with Crippen LogP contribution < -0.4 is 0 Å². The van der Waals surface area contributed by atoms with Crippen LogP contribution in [0.5, 0.6) is 0 Å². The minimum Gasteiger partial charge on any atom is -0.324 e. The Bertz CT molecular complexity index is 496. The second kappa shape index (κ2) is 5.66. The van der Waals surface area contributed by atoms with Crippen LogP contribution in [0.3, 0.4) is 0 Å². The molecule has 0 spiro atoms. The highest BCUT2D eigenvalue weighted by Gasteiger charge is 2.26. The van der Waals surface area contributed by atoms with E-state index in [0.717, 1.165) is 12.8 Å². The van der Waals surface area contributed by atoms with Crippen molar-refractivity contribution in [2.45, 2.75) is 17.9 Å². The molecule has 0 unspecified atom stereocenters. The number of halogens is 1. The summed E-state index contributed by atoms with van der Waals surface area (Å²) in [4.78, 5) is 3.82. The number of allylic oxidation sites excluding steroid dienone is 1. The number of sulfonamides is 1. The van der Waals surface area contributed by atoms with Crippen LogP contribution in [0.2, 0.25) is 5.15 Å². The minimum atomic E-state index is -3.59. The Morgan fingerprint density at radius 3 is 2.76 bits per heavy atom. The van der Waals surface area contributed by atoms with Crippen molar-refractivity contribution in [1.29, 1.82) is 0 Å². The van der Waals surface area contributed by atoms with Gasteiger partial charge in [-0.15, -0.1) is 6.58 Å². The average Bonchev–Trinajstić information content (AvgIpc) is 2.60. The van der Waals surface area contributed by atoms with E-state index in [1.807, 2.05) is 0 Å². The van der Waals surface area contributed by atoms with Gasteiger partial charge in [-0.25, -0.2) is 13.4 Å². The van der Waals surface area contributed by atoms with E-state index in [2.05, 4.69) is 11.6 Å². The summed E-state index contributed by atoms with van der Waals surface area (Å²) in [6.45, 7) is 4.01. The van der Waals surface area contributed by atoms with Crippen molar-refractivity contribution in [3.8, 4) is 0 Å². The molecule has 0 N–H and O–H groups in total. The number of aryl methyl sites for hydroxylation is 1. The molecule has 1 aromatic rings. The van der Waals surface area contributed by atoms with Crippen LogP contribution in [0.15, 0.2) is 24.0 Å². The lowest BCUT2D eigenvalue weighted by atomic mass is 10.3. The minimum absolute atomic E-state index is 0.0947. The lowest BCUT2D eigenvalue weighted by Gasteiger charge is -2.15. The third-order valence-electron chi connectivity index (χ3n) is 2.37. The summed E-state index contributed by atoms with van der Waals surface area (Å²) in [5.41, 5.74) is 0. The lowest BCUT2D eigenvalue weighted by molar-refractivity contribution is 0.460. The van der Waals surface area contributed by atoms with Crippen LogP contribution in [0.25, 0.3) is 0 Å². The molecule has 0 saturated carbocycles. The summed E-state index contributed by atoms with van der Waals surface area (Å²) in [7, 11) is -0.432. The van der Waals surface area contributed by atoms with Gasteiger partial charge in [0.05, 0.1) is 6.33 Å². The fraction of sp³-hybridized carbons (Fsp3) is 0.500. The Hall–Kier alpha value is -0.850. The van der Waals surface area contributed by atoms with Crippen molar-refractivity contribution in [3.05, 3.63) is 24.1 Å². The van der Waals surface area contributed by atoms with Gasteiger partial charge in [0, 0.05) is 20.6 Å². The van der Waals surface area contributed by atoms with Gasteiger partial charge in [-0.3, -0.25) is 0 Å². The van der Waals surface area contributed by atoms with Gasteiger partial charge in [0.2, 0.25) is 5.03 Å². The molecule has 17 heavy (non-hydrogen) atoms. The molecule has 0 fully saturated rings. The summed E-state index contributed by atoms with van der Waals surface area (Å²) < 4.78 is 26.9. The Kier molecular flexibility index (Phi) is 4.73. The fourth-order valence-corrected chi connectivity index (χ4v) is 2.88. The number of unbranched alkanes of at least 4 members (excludes halogenated alkanes) is 1. The second-order valence-electron chi connectivity index (χ2n) is 3.71. The van der Waals surface area contributed by atoms with Crippen molar-refractivity contribution in [1.82, 2.24) is 13.9 Å². The number of aromatic nitrogens is 2. The standard InChI is InChI=1S/C10H16ClN3O2S/c1-4-5-6-7-14(3)17(15,16)10-9(11)13(2)8-12-10/h4,8H,1,5-7H2,2-3H3. The molecular weight excluding hydrogens is 262 g/mol. The van der Waals surface area contributed by atoms with Crippen molar-refractivity contribution < 1.29 is 8.42 Å². The van der Waals surface area contributed by atoms with Crippen LogP contribution in [0, 0.1) is 0 Å². The van der Waals surface area contributed by atoms with Crippen LogP contribution in [-0.2, 0) is 17.1 Å². The summed E-state index contributed by atoms with van der Waals surface area (Å²) in [5.74, 6) is 0. The molecule has 0 radical (unpaired) electrons. The SMILES string of the molecule is C=CCCCN(C)S(=O)(=O)c1ncn(C)c1Cl. The Morgan fingerprint density at radius 2 is 2.29 bits per heavy atom. The molecule has 1 aromatic heterocycles. The zero-order chi connectivity index (χ0) is 13.1. The first-order valence-corrected chi connectivity index (χ1v) is 6.97. The van der Waals surface area contributed by atoms with Gasteiger partial charge in [-0.2, -0.15) is 4.31 Å². The van der Waals surface area contributed by atoms with E-state index in [9.17, 15) is 8.42 Å². The van der Waals surface area contributed by atoms with Crippen LogP contribution in [-0.4, -0.2) is 35.9 Å². The molecule has 0 saturated heterocycles. The number of rotatable bonds is 6. The maximum absolute atomic E-state index is 12.1. The van der Waals surface area contributed by atoms with Gasteiger partial charge in [-0.1, -0.05) is 17.7 Å². The largest absolute Gasteiger partial charge is 0.324 e. The highest BCUT2D eigenvalue weighted by atomic mass is 35.5. The molecule has 1 rings (SSSR count). The van der Waals surface area contributed by atoms with E-state index in [1.54, 1.807) is 13.1 Å². The lowest BCUT2D eigenvalue weighted by Crippen LogP contribution is -2.28.